The average Bonchev–Trinajstić information content (AvgIpc) is 3.63. The van der Waals surface area contributed by atoms with Crippen molar-refractivity contribution >= 4 is 49.8 Å². The highest BCUT2D eigenvalue weighted by atomic mass is 16.3. The Kier molecular flexibility index (Phi) is 7.85. The van der Waals surface area contributed by atoms with E-state index in [1.54, 1.807) is 0 Å². The highest BCUT2D eigenvalue weighted by Crippen LogP contribution is 2.39. The van der Waals surface area contributed by atoms with Crippen molar-refractivity contribution in [2.45, 2.75) is 0 Å². The van der Waals surface area contributed by atoms with Crippen molar-refractivity contribution in [3.8, 4) is 44.5 Å². The second kappa shape index (κ2) is 13.4. The largest absolute Gasteiger partial charge is 0.456 e. The smallest absolute Gasteiger partial charge is 0.136 e. The fraction of sp³-hybridized carbons (Fsp3) is 0. The van der Waals surface area contributed by atoms with Gasteiger partial charge in [0.1, 0.15) is 11.2 Å². The van der Waals surface area contributed by atoms with Crippen molar-refractivity contribution < 1.29 is 4.42 Å². The first-order valence-corrected chi connectivity index (χ1v) is 18.4. The van der Waals surface area contributed by atoms with E-state index in [0.29, 0.717) is 0 Å². The summed E-state index contributed by atoms with van der Waals surface area (Å²) in [6, 6.07) is 75.9. The second-order valence-corrected chi connectivity index (χ2v) is 13.8. The topological polar surface area (TPSA) is 16.4 Å². The summed E-state index contributed by atoms with van der Waals surface area (Å²) >= 11 is 0. The van der Waals surface area contributed by atoms with E-state index in [9.17, 15) is 0 Å². The number of hydrogen-bond donors (Lipinski definition) is 0. The van der Waals surface area contributed by atoms with Crippen LogP contribution in [0.25, 0.3) is 77.2 Å². The molecular formula is C52H35NO. The molecule has 1 aromatic heterocycles. The van der Waals surface area contributed by atoms with Crippen molar-refractivity contribution in [2.24, 2.45) is 0 Å². The lowest BCUT2D eigenvalue weighted by molar-refractivity contribution is 0.669. The normalized spacial score (nSPS) is 11.3. The molecule has 0 bridgehead atoms. The Morgan fingerprint density at radius 1 is 0.278 bits per heavy atom. The summed E-state index contributed by atoms with van der Waals surface area (Å²) in [6.45, 7) is 0. The maximum absolute atomic E-state index is 6.22. The molecule has 0 radical (unpaired) electrons. The first-order valence-electron chi connectivity index (χ1n) is 18.4. The van der Waals surface area contributed by atoms with Gasteiger partial charge in [0.2, 0.25) is 0 Å². The molecule has 0 fully saturated rings. The van der Waals surface area contributed by atoms with Crippen molar-refractivity contribution in [2.75, 3.05) is 4.90 Å². The van der Waals surface area contributed by atoms with Crippen LogP contribution in [0.15, 0.2) is 217 Å². The number of hydrogen-bond acceptors (Lipinski definition) is 2. The standard InChI is InChI=1S/C52H35NO/c1-2-9-36(10-3-1)37-17-19-38(20-18-37)39-21-28-44(29-22-39)53(46-32-25-42(26-33-46)48-15-8-12-41-11-4-5-13-47(41)48)45-30-23-40(24-31-45)43-27-34-50-49-14-6-7-16-51(49)54-52(50)35-43/h1-35H. The van der Waals surface area contributed by atoms with Gasteiger partial charge in [0.05, 0.1) is 0 Å². The van der Waals surface area contributed by atoms with Crippen LogP contribution in [0, 0.1) is 0 Å². The molecule has 9 aromatic carbocycles. The van der Waals surface area contributed by atoms with E-state index < -0.39 is 0 Å². The molecule has 2 heteroatoms. The molecule has 2 nitrogen and oxygen atoms in total. The quantitative estimate of drug-likeness (QED) is 0.166. The third kappa shape index (κ3) is 5.81. The Morgan fingerprint density at radius 2 is 0.722 bits per heavy atom. The minimum atomic E-state index is 0.903. The summed E-state index contributed by atoms with van der Waals surface area (Å²) in [5.74, 6) is 0. The molecule has 254 valence electrons. The van der Waals surface area contributed by atoms with Crippen molar-refractivity contribution in [1.29, 1.82) is 0 Å². The lowest BCUT2D eigenvalue weighted by atomic mass is 9.98. The Bertz CT molecular complexity index is 2880. The summed E-state index contributed by atoms with van der Waals surface area (Å²) in [7, 11) is 0. The van der Waals surface area contributed by atoms with Gasteiger partial charge in [-0.2, -0.15) is 0 Å². The first kappa shape index (κ1) is 31.6. The van der Waals surface area contributed by atoms with Crippen LogP contribution in [0.1, 0.15) is 0 Å². The number of nitrogens with zero attached hydrogens (tertiary/aromatic N) is 1. The molecule has 0 atom stereocenters. The Morgan fingerprint density at radius 3 is 1.37 bits per heavy atom. The van der Waals surface area contributed by atoms with Crippen LogP contribution < -0.4 is 4.90 Å². The SMILES string of the molecule is c1ccc(-c2ccc(-c3ccc(N(c4ccc(-c5ccc6c(c5)oc5ccccc56)cc4)c4ccc(-c5cccc6ccccc56)cc4)cc3)cc2)cc1. The second-order valence-electron chi connectivity index (χ2n) is 13.8. The Balaban J connectivity index is 1.00. The van der Waals surface area contributed by atoms with Gasteiger partial charge >= 0.3 is 0 Å². The van der Waals surface area contributed by atoms with Crippen LogP contribution >= 0.6 is 0 Å². The fourth-order valence-electron chi connectivity index (χ4n) is 7.71. The Hall–Kier alpha value is -7.16. The molecule has 0 aliphatic rings. The minimum Gasteiger partial charge on any atom is -0.456 e. The monoisotopic (exact) mass is 689 g/mol. The predicted molar refractivity (Wildman–Crippen MR) is 228 cm³/mol. The number of furan rings is 1. The third-order valence-corrected chi connectivity index (χ3v) is 10.5. The molecular weight excluding hydrogens is 655 g/mol. The number of para-hydroxylation sites is 1. The third-order valence-electron chi connectivity index (χ3n) is 10.5. The van der Waals surface area contributed by atoms with E-state index in [2.05, 4.69) is 205 Å². The number of fused-ring (bicyclic) bond motifs is 4. The van der Waals surface area contributed by atoms with Crippen LogP contribution in [0.5, 0.6) is 0 Å². The van der Waals surface area contributed by atoms with Gasteiger partial charge in [-0.3, -0.25) is 0 Å². The lowest BCUT2D eigenvalue weighted by Gasteiger charge is -2.26. The van der Waals surface area contributed by atoms with Crippen molar-refractivity contribution in [1.82, 2.24) is 0 Å². The minimum absolute atomic E-state index is 0.903. The molecule has 0 aliphatic carbocycles. The van der Waals surface area contributed by atoms with Gasteiger partial charge in [-0.1, -0.05) is 158 Å². The van der Waals surface area contributed by atoms with Crippen LogP contribution in [0.3, 0.4) is 0 Å². The van der Waals surface area contributed by atoms with Gasteiger partial charge in [-0.25, -0.2) is 0 Å². The van der Waals surface area contributed by atoms with E-state index in [0.717, 1.165) is 50.1 Å². The number of anilines is 3. The van der Waals surface area contributed by atoms with Crippen LogP contribution in [-0.4, -0.2) is 0 Å². The van der Waals surface area contributed by atoms with Gasteiger partial charge in [0.15, 0.2) is 0 Å². The van der Waals surface area contributed by atoms with Crippen LogP contribution in [0.4, 0.5) is 17.1 Å². The van der Waals surface area contributed by atoms with Gasteiger partial charge in [-0.05, 0) is 110 Å². The molecule has 10 rings (SSSR count). The van der Waals surface area contributed by atoms with E-state index in [4.69, 9.17) is 4.42 Å². The lowest BCUT2D eigenvalue weighted by Crippen LogP contribution is -2.09. The summed E-state index contributed by atoms with van der Waals surface area (Å²) in [6.07, 6.45) is 0. The molecule has 10 aromatic rings. The predicted octanol–water partition coefficient (Wildman–Crippen LogP) is 14.9. The molecule has 54 heavy (non-hydrogen) atoms. The molecule has 0 N–H and O–H groups in total. The summed E-state index contributed by atoms with van der Waals surface area (Å²) < 4.78 is 6.22. The maximum atomic E-state index is 6.22. The molecule has 0 saturated heterocycles. The first-order chi connectivity index (χ1) is 26.7. The number of benzene rings is 9. The van der Waals surface area contributed by atoms with Crippen molar-refractivity contribution in [3.05, 3.63) is 212 Å². The van der Waals surface area contributed by atoms with E-state index in [1.165, 1.54) is 44.2 Å². The van der Waals surface area contributed by atoms with E-state index in [-0.39, 0.29) is 0 Å². The van der Waals surface area contributed by atoms with Crippen molar-refractivity contribution in [3.63, 3.8) is 0 Å². The highest BCUT2D eigenvalue weighted by molar-refractivity contribution is 6.06. The van der Waals surface area contributed by atoms with Crippen LogP contribution in [0.2, 0.25) is 0 Å². The van der Waals surface area contributed by atoms with E-state index >= 15 is 0 Å². The zero-order chi connectivity index (χ0) is 35.8. The number of rotatable bonds is 7. The summed E-state index contributed by atoms with van der Waals surface area (Å²) in [4.78, 5) is 2.33. The molecule has 0 amide bonds. The Labute approximate surface area is 314 Å². The van der Waals surface area contributed by atoms with Crippen LogP contribution in [-0.2, 0) is 0 Å². The maximum Gasteiger partial charge on any atom is 0.136 e. The molecule has 0 aliphatic heterocycles. The molecule has 1 heterocycles. The molecule has 0 unspecified atom stereocenters. The molecule has 0 spiro atoms. The average molecular weight is 690 g/mol. The van der Waals surface area contributed by atoms with Gasteiger partial charge in [0, 0.05) is 27.8 Å². The summed E-state index contributed by atoms with van der Waals surface area (Å²) in [5.41, 5.74) is 14.6. The van der Waals surface area contributed by atoms with Gasteiger partial charge in [0.25, 0.3) is 0 Å². The van der Waals surface area contributed by atoms with Gasteiger partial charge < -0.3 is 9.32 Å². The zero-order valence-corrected chi connectivity index (χ0v) is 29.6. The highest BCUT2D eigenvalue weighted by Gasteiger charge is 2.15. The van der Waals surface area contributed by atoms with E-state index in [1.807, 2.05) is 12.1 Å². The zero-order valence-electron chi connectivity index (χ0n) is 29.6. The summed E-state index contributed by atoms with van der Waals surface area (Å²) in [5, 5.41) is 4.79. The molecule has 0 saturated carbocycles. The van der Waals surface area contributed by atoms with Gasteiger partial charge in [-0.15, -0.1) is 0 Å². The fourth-order valence-corrected chi connectivity index (χ4v) is 7.71.